The Kier molecular flexibility index (Phi) is 6.21. The molecule has 174 valence electrons. The fraction of sp³-hybridized carbons (Fsp3) is 0.136. The summed E-state index contributed by atoms with van der Waals surface area (Å²) in [5, 5.41) is 22.7. The molecule has 12 heteroatoms. The molecular formula is C22H21FN8O3. The minimum absolute atomic E-state index is 0.0823. The maximum atomic E-state index is 15.2. The summed E-state index contributed by atoms with van der Waals surface area (Å²) in [5.74, 6) is 0.150. The SMILES string of the molecule is COc1cc(F)c([C@H](Nc2ccc(C(=N)N)cc2)c2nn(-c3cccnn3)c(=O)[nH]2)cc1OC. The van der Waals surface area contributed by atoms with E-state index in [1.807, 2.05) is 0 Å². The maximum absolute atomic E-state index is 15.2. The van der Waals surface area contributed by atoms with Gasteiger partial charge in [0.15, 0.2) is 23.1 Å². The van der Waals surface area contributed by atoms with Gasteiger partial charge in [0, 0.05) is 29.1 Å². The third-order valence-corrected chi connectivity index (χ3v) is 5.00. The van der Waals surface area contributed by atoms with Crippen LogP contribution >= 0.6 is 0 Å². The monoisotopic (exact) mass is 464 g/mol. The van der Waals surface area contributed by atoms with Gasteiger partial charge in [0.1, 0.15) is 17.7 Å². The molecule has 0 aliphatic rings. The maximum Gasteiger partial charge on any atom is 0.349 e. The number of anilines is 1. The lowest BCUT2D eigenvalue weighted by Gasteiger charge is -2.20. The van der Waals surface area contributed by atoms with E-state index < -0.39 is 17.5 Å². The average Bonchev–Trinajstić information content (AvgIpc) is 3.24. The van der Waals surface area contributed by atoms with E-state index in [0.717, 1.165) is 4.68 Å². The molecule has 0 aliphatic carbocycles. The van der Waals surface area contributed by atoms with Gasteiger partial charge in [-0.05, 0) is 42.5 Å². The summed E-state index contributed by atoms with van der Waals surface area (Å²) in [7, 11) is 2.84. The van der Waals surface area contributed by atoms with Crippen molar-refractivity contribution in [1.82, 2.24) is 25.0 Å². The topological polar surface area (TPSA) is 157 Å². The molecule has 0 fully saturated rings. The number of H-pyrrole nitrogens is 1. The number of aromatic amines is 1. The molecule has 2 heterocycles. The number of rotatable bonds is 8. The fourth-order valence-corrected chi connectivity index (χ4v) is 3.33. The second-order valence-corrected chi connectivity index (χ2v) is 7.11. The van der Waals surface area contributed by atoms with Gasteiger partial charge in [-0.25, -0.2) is 9.18 Å². The molecule has 2 aromatic carbocycles. The Morgan fingerprint density at radius 1 is 1.18 bits per heavy atom. The van der Waals surface area contributed by atoms with Crippen molar-refractivity contribution in [2.75, 3.05) is 19.5 Å². The molecular weight excluding hydrogens is 443 g/mol. The predicted molar refractivity (Wildman–Crippen MR) is 122 cm³/mol. The molecule has 0 saturated carbocycles. The van der Waals surface area contributed by atoms with Gasteiger partial charge >= 0.3 is 5.69 Å². The van der Waals surface area contributed by atoms with Crippen molar-refractivity contribution < 1.29 is 13.9 Å². The fourth-order valence-electron chi connectivity index (χ4n) is 3.33. The number of nitrogens with zero attached hydrogens (tertiary/aromatic N) is 4. The quantitative estimate of drug-likeness (QED) is 0.228. The van der Waals surface area contributed by atoms with Crippen LogP contribution in [-0.4, -0.2) is 45.0 Å². The molecule has 0 spiro atoms. The highest BCUT2D eigenvalue weighted by atomic mass is 19.1. The van der Waals surface area contributed by atoms with Crippen LogP contribution in [-0.2, 0) is 0 Å². The number of halogens is 1. The van der Waals surface area contributed by atoms with Gasteiger partial charge in [0.25, 0.3) is 0 Å². The number of hydrogen-bond acceptors (Lipinski definition) is 8. The number of methoxy groups -OCH3 is 2. The zero-order valence-corrected chi connectivity index (χ0v) is 18.2. The first kappa shape index (κ1) is 22.5. The molecule has 4 aromatic rings. The number of nitrogens with one attached hydrogen (secondary N) is 3. The summed E-state index contributed by atoms with van der Waals surface area (Å²) < 4.78 is 26.8. The van der Waals surface area contributed by atoms with E-state index in [1.165, 1.54) is 32.5 Å². The van der Waals surface area contributed by atoms with Crippen molar-refractivity contribution in [3.05, 3.63) is 88.0 Å². The summed E-state index contributed by atoms with van der Waals surface area (Å²) in [6.45, 7) is 0. The number of hydrogen-bond donors (Lipinski definition) is 4. The standard InChI is InChI=1S/C22H21FN8O3/c1-33-16-10-14(15(23)11-17(16)34-2)19(27-13-7-5-12(6-8-13)20(24)25)21-28-22(32)31(30-21)18-4-3-9-26-29-18/h3-11,19,27H,1-2H3,(H3,24,25)(H,28,30,32)/t19-/m0/s1. The molecule has 0 bridgehead atoms. The molecule has 4 rings (SSSR count). The Morgan fingerprint density at radius 3 is 2.50 bits per heavy atom. The molecule has 1 atom stereocenters. The number of nitrogens with two attached hydrogens (primary N) is 1. The van der Waals surface area contributed by atoms with Gasteiger partial charge in [-0.2, -0.15) is 9.78 Å². The first-order valence-corrected chi connectivity index (χ1v) is 10.0. The first-order valence-electron chi connectivity index (χ1n) is 10.0. The summed E-state index contributed by atoms with van der Waals surface area (Å²) >= 11 is 0. The van der Waals surface area contributed by atoms with Gasteiger partial charge in [-0.15, -0.1) is 10.2 Å². The highest BCUT2D eigenvalue weighted by molar-refractivity contribution is 5.95. The molecule has 0 radical (unpaired) electrons. The van der Waals surface area contributed by atoms with Crippen LogP contribution in [0.4, 0.5) is 10.1 Å². The van der Waals surface area contributed by atoms with Crippen molar-refractivity contribution in [3.8, 4) is 17.3 Å². The predicted octanol–water partition coefficient (Wildman–Crippen LogP) is 1.99. The number of benzene rings is 2. The van der Waals surface area contributed by atoms with E-state index in [-0.39, 0.29) is 28.8 Å². The van der Waals surface area contributed by atoms with Crippen molar-refractivity contribution in [3.63, 3.8) is 0 Å². The Morgan fingerprint density at radius 2 is 1.88 bits per heavy atom. The molecule has 0 amide bonds. The van der Waals surface area contributed by atoms with Crippen LogP contribution in [0.15, 0.2) is 59.5 Å². The van der Waals surface area contributed by atoms with Gasteiger partial charge < -0.3 is 20.5 Å². The van der Waals surface area contributed by atoms with Gasteiger partial charge in [-0.3, -0.25) is 10.4 Å². The van der Waals surface area contributed by atoms with Crippen LogP contribution in [0.3, 0.4) is 0 Å². The van der Waals surface area contributed by atoms with E-state index in [9.17, 15) is 4.79 Å². The van der Waals surface area contributed by atoms with Gasteiger partial charge in [-0.1, -0.05) is 0 Å². The second-order valence-electron chi connectivity index (χ2n) is 7.11. The molecule has 2 aromatic heterocycles. The molecule has 0 unspecified atom stereocenters. The van der Waals surface area contributed by atoms with E-state index >= 15 is 4.39 Å². The summed E-state index contributed by atoms with van der Waals surface area (Å²) in [6.07, 6.45) is 1.47. The molecule has 11 nitrogen and oxygen atoms in total. The molecule has 0 aliphatic heterocycles. The van der Waals surface area contributed by atoms with E-state index in [2.05, 4.69) is 25.6 Å². The van der Waals surface area contributed by atoms with E-state index in [4.69, 9.17) is 20.6 Å². The van der Waals surface area contributed by atoms with Crippen LogP contribution in [0, 0.1) is 11.2 Å². The van der Waals surface area contributed by atoms with Gasteiger partial charge in [0.2, 0.25) is 0 Å². The average molecular weight is 464 g/mol. The van der Waals surface area contributed by atoms with Crippen LogP contribution in [0.5, 0.6) is 11.5 Å². The number of ether oxygens (including phenoxy) is 2. The van der Waals surface area contributed by atoms with Crippen molar-refractivity contribution in [2.24, 2.45) is 5.73 Å². The Bertz CT molecular complexity index is 1370. The van der Waals surface area contributed by atoms with Crippen LogP contribution in [0.25, 0.3) is 5.82 Å². The normalized spacial score (nSPS) is 11.6. The van der Waals surface area contributed by atoms with Crippen molar-refractivity contribution in [1.29, 1.82) is 5.41 Å². The zero-order chi connectivity index (χ0) is 24.2. The lowest BCUT2D eigenvalue weighted by Crippen LogP contribution is -2.17. The number of nitrogen functional groups attached to an aromatic ring is 1. The van der Waals surface area contributed by atoms with E-state index in [0.29, 0.717) is 17.0 Å². The Hall–Kier alpha value is -4.74. The first-order chi connectivity index (χ1) is 16.4. The Labute approximate surface area is 192 Å². The summed E-state index contributed by atoms with van der Waals surface area (Å²) in [6, 6.07) is 11.6. The third kappa shape index (κ3) is 4.41. The number of amidine groups is 1. The zero-order valence-electron chi connectivity index (χ0n) is 18.2. The van der Waals surface area contributed by atoms with Crippen LogP contribution in [0.1, 0.15) is 23.0 Å². The summed E-state index contributed by atoms with van der Waals surface area (Å²) in [4.78, 5) is 15.3. The van der Waals surface area contributed by atoms with Crippen molar-refractivity contribution in [2.45, 2.75) is 6.04 Å². The molecule has 5 N–H and O–H groups in total. The highest BCUT2D eigenvalue weighted by Crippen LogP contribution is 2.35. The third-order valence-electron chi connectivity index (χ3n) is 5.00. The number of aromatic nitrogens is 5. The summed E-state index contributed by atoms with van der Waals surface area (Å²) in [5.41, 5.74) is 6.19. The largest absolute Gasteiger partial charge is 0.493 e. The van der Waals surface area contributed by atoms with Crippen molar-refractivity contribution >= 4 is 11.5 Å². The second kappa shape index (κ2) is 9.40. The molecule has 34 heavy (non-hydrogen) atoms. The lowest BCUT2D eigenvalue weighted by molar-refractivity contribution is 0.351. The minimum atomic E-state index is -0.936. The van der Waals surface area contributed by atoms with Crippen LogP contribution < -0.4 is 26.2 Å². The smallest absolute Gasteiger partial charge is 0.349 e. The molecule has 0 saturated heterocycles. The van der Waals surface area contributed by atoms with Crippen LogP contribution in [0.2, 0.25) is 0 Å². The Balaban J connectivity index is 1.82. The minimum Gasteiger partial charge on any atom is -0.493 e. The van der Waals surface area contributed by atoms with E-state index in [1.54, 1.807) is 36.4 Å². The van der Waals surface area contributed by atoms with Gasteiger partial charge in [0.05, 0.1) is 14.2 Å². The highest BCUT2D eigenvalue weighted by Gasteiger charge is 2.25. The lowest BCUT2D eigenvalue weighted by atomic mass is 10.0.